The Labute approximate surface area is 181 Å². The van der Waals surface area contributed by atoms with Gasteiger partial charge in [0.1, 0.15) is 11.4 Å². The number of nitrogens with zero attached hydrogens (tertiary/aromatic N) is 1. The molecule has 4 aromatic rings. The van der Waals surface area contributed by atoms with E-state index in [2.05, 4.69) is 21.2 Å². The number of hydrogen-bond donors (Lipinski definition) is 1. The molecule has 0 aliphatic heterocycles. The SMILES string of the molecule is COc1ccc(Nc2c3c4c(c(Br)ccc4n(C)c2=O)C(=O)c2ccccc2-3)cc1. The molecular formula is C24H17BrN2O3. The van der Waals surface area contributed by atoms with E-state index >= 15 is 0 Å². The standard InChI is InChI=1S/C24H17BrN2O3/c1-27-18-12-11-17(25)20-21(18)19(15-5-3-4-6-16(15)23(20)28)22(24(27)29)26-13-7-9-14(30-2)10-8-13/h3-12,26H,1-2H3. The molecule has 0 unspecified atom stereocenters. The molecule has 1 aromatic heterocycles. The summed E-state index contributed by atoms with van der Waals surface area (Å²) >= 11 is 3.55. The van der Waals surface area contributed by atoms with E-state index in [4.69, 9.17) is 4.74 Å². The quantitative estimate of drug-likeness (QED) is 0.398. The Bertz CT molecular complexity index is 1410. The van der Waals surface area contributed by atoms with Crippen LogP contribution in [0.2, 0.25) is 0 Å². The van der Waals surface area contributed by atoms with Gasteiger partial charge in [-0.25, -0.2) is 0 Å². The largest absolute Gasteiger partial charge is 0.497 e. The Balaban J connectivity index is 1.88. The number of fused-ring (bicyclic) bond motifs is 2. The Kier molecular flexibility index (Phi) is 4.25. The Hall–Kier alpha value is -3.38. The maximum absolute atomic E-state index is 13.4. The molecule has 1 aliphatic rings. The van der Waals surface area contributed by atoms with Crippen LogP contribution in [0.25, 0.3) is 22.0 Å². The summed E-state index contributed by atoms with van der Waals surface area (Å²) in [5.41, 5.74) is 4.42. The molecule has 0 fully saturated rings. The number of aryl methyl sites for hydroxylation is 1. The molecule has 0 radical (unpaired) electrons. The van der Waals surface area contributed by atoms with Gasteiger partial charge >= 0.3 is 0 Å². The first-order valence-corrected chi connectivity index (χ1v) is 10.2. The molecule has 5 nitrogen and oxygen atoms in total. The highest BCUT2D eigenvalue weighted by molar-refractivity contribution is 9.10. The number of pyridine rings is 1. The van der Waals surface area contributed by atoms with Crippen molar-refractivity contribution in [2.24, 2.45) is 7.05 Å². The van der Waals surface area contributed by atoms with Crippen molar-refractivity contribution in [2.75, 3.05) is 12.4 Å². The van der Waals surface area contributed by atoms with Crippen molar-refractivity contribution >= 4 is 44.0 Å². The summed E-state index contributed by atoms with van der Waals surface area (Å²) in [4.78, 5) is 26.7. The van der Waals surface area contributed by atoms with Gasteiger partial charge in [-0.2, -0.15) is 0 Å². The Morgan fingerprint density at radius 2 is 1.60 bits per heavy atom. The molecule has 1 N–H and O–H groups in total. The molecule has 1 aliphatic carbocycles. The molecule has 0 atom stereocenters. The fourth-order valence-corrected chi connectivity index (χ4v) is 4.58. The lowest BCUT2D eigenvalue weighted by atomic mass is 9.83. The van der Waals surface area contributed by atoms with Gasteiger partial charge in [0.25, 0.3) is 5.56 Å². The predicted molar refractivity (Wildman–Crippen MR) is 122 cm³/mol. The van der Waals surface area contributed by atoms with Crippen LogP contribution in [0.1, 0.15) is 15.9 Å². The zero-order valence-electron chi connectivity index (χ0n) is 16.3. The molecule has 0 spiro atoms. The predicted octanol–water partition coefficient (Wildman–Crippen LogP) is 5.26. The van der Waals surface area contributed by atoms with E-state index in [0.717, 1.165) is 33.5 Å². The van der Waals surface area contributed by atoms with Gasteiger partial charge in [-0.05, 0) is 42.0 Å². The minimum absolute atomic E-state index is 0.0513. The van der Waals surface area contributed by atoms with Gasteiger partial charge in [0, 0.05) is 39.3 Å². The molecule has 30 heavy (non-hydrogen) atoms. The number of benzene rings is 3. The third-order valence-corrected chi connectivity index (χ3v) is 6.20. The highest BCUT2D eigenvalue weighted by Crippen LogP contribution is 2.44. The van der Waals surface area contributed by atoms with Crippen molar-refractivity contribution in [2.45, 2.75) is 0 Å². The number of aromatic nitrogens is 1. The lowest BCUT2D eigenvalue weighted by molar-refractivity contribution is 0.103. The number of ketones is 1. The van der Waals surface area contributed by atoms with Crippen LogP contribution in [0.3, 0.4) is 0 Å². The average Bonchev–Trinajstić information content (AvgIpc) is 2.77. The third-order valence-electron chi connectivity index (χ3n) is 5.54. The fraction of sp³-hybridized carbons (Fsp3) is 0.0833. The number of methoxy groups -OCH3 is 1. The van der Waals surface area contributed by atoms with Gasteiger partial charge in [0.05, 0.1) is 12.6 Å². The van der Waals surface area contributed by atoms with Gasteiger partial charge in [0.2, 0.25) is 0 Å². The zero-order chi connectivity index (χ0) is 21.0. The van der Waals surface area contributed by atoms with Crippen molar-refractivity contribution in [3.8, 4) is 16.9 Å². The normalized spacial score (nSPS) is 12.0. The zero-order valence-corrected chi connectivity index (χ0v) is 17.9. The highest BCUT2D eigenvalue weighted by Gasteiger charge is 2.31. The van der Waals surface area contributed by atoms with E-state index in [-0.39, 0.29) is 11.3 Å². The van der Waals surface area contributed by atoms with Crippen LogP contribution in [-0.4, -0.2) is 17.5 Å². The summed E-state index contributed by atoms with van der Waals surface area (Å²) in [7, 11) is 3.34. The first kappa shape index (κ1) is 18.6. The maximum atomic E-state index is 13.4. The van der Waals surface area contributed by atoms with Crippen LogP contribution in [0.15, 0.2) is 69.9 Å². The summed E-state index contributed by atoms with van der Waals surface area (Å²) in [5, 5.41) is 4.07. The van der Waals surface area contributed by atoms with Crippen molar-refractivity contribution in [3.63, 3.8) is 0 Å². The van der Waals surface area contributed by atoms with Gasteiger partial charge in [-0.1, -0.05) is 40.2 Å². The van der Waals surface area contributed by atoms with Crippen LogP contribution < -0.4 is 15.6 Å². The molecule has 0 amide bonds. The van der Waals surface area contributed by atoms with Crippen molar-refractivity contribution in [3.05, 3.63) is 86.6 Å². The molecule has 148 valence electrons. The minimum atomic E-state index is -0.161. The lowest BCUT2D eigenvalue weighted by Gasteiger charge is -2.25. The summed E-state index contributed by atoms with van der Waals surface area (Å²) in [5.74, 6) is 0.681. The first-order valence-electron chi connectivity index (χ1n) is 9.41. The summed E-state index contributed by atoms with van der Waals surface area (Å²) in [6.07, 6.45) is 0. The van der Waals surface area contributed by atoms with Crippen LogP contribution in [0.4, 0.5) is 11.4 Å². The van der Waals surface area contributed by atoms with Gasteiger partial charge in [0.15, 0.2) is 5.78 Å². The second-order valence-corrected chi connectivity index (χ2v) is 8.01. The van der Waals surface area contributed by atoms with E-state index in [1.807, 2.05) is 54.6 Å². The monoisotopic (exact) mass is 460 g/mol. The highest BCUT2D eigenvalue weighted by atomic mass is 79.9. The molecule has 0 saturated heterocycles. The Morgan fingerprint density at radius 3 is 2.30 bits per heavy atom. The van der Waals surface area contributed by atoms with Crippen LogP contribution in [-0.2, 0) is 7.05 Å². The first-order chi connectivity index (χ1) is 14.5. The van der Waals surface area contributed by atoms with E-state index in [0.29, 0.717) is 21.3 Å². The lowest BCUT2D eigenvalue weighted by Crippen LogP contribution is -2.24. The van der Waals surface area contributed by atoms with E-state index < -0.39 is 0 Å². The van der Waals surface area contributed by atoms with E-state index in [1.54, 1.807) is 24.8 Å². The molecule has 0 saturated carbocycles. The van der Waals surface area contributed by atoms with E-state index in [1.165, 1.54) is 0 Å². The number of rotatable bonds is 3. The second-order valence-electron chi connectivity index (χ2n) is 7.16. The average molecular weight is 461 g/mol. The van der Waals surface area contributed by atoms with E-state index in [9.17, 15) is 9.59 Å². The molecular weight excluding hydrogens is 444 g/mol. The number of nitrogens with one attached hydrogen (secondary N) is 1. The maximum Gasteiger partial charge on any atom is 0.275 e. The molecule has 0 bridgehead atoms. The number of hydrogen-bond acceptors (Lipinski definition) is 4. The number of ether oxygens (including phenoxy) is 1. The molecule has 1 heterocycles. The number of anilines is 2. The van der Waals surface area contributed by atoms with Crippen molar-refractivity contribution in [1.82, 2.24) is 4.57 Å². The fourth-order valence-electron chi connectivity index (χ4n) is 4.07. The number of carbonyl (C=O) groups excluding carboxylic acids is 1. The van der Waals surface area contributed by atoms with Gasteiger partial charge in [-0.3, -0.25) is 9.59 Å². The number of carbonyl (C=O) groups is 1. The summed E-state index contributed by atoms with van der Waals surface area (Å²) in [6.45, 7) is 0. The topological polar surface area (TPSA) is 60.3 Å². The number of halogens is 1. The Morgan fingerprint density at radius 1 is 0.900 bits per heavy atom. The summed E-state index contributed by atoms with van der Waals surface area (Å²) in [6, 6.07) is 18.5. The van der Waals surface area contributed by atoms with Crippen molar-refractivity contribution < 1.29 is 9.53 Å². The third kappa shape index (κ3) is 2.60. The molecule has 5 rings (SSSR count). The van der Waals surface area contributed by atoms with Crippen molar-refractivity contribution in [1.29, 1.82) is 0 Å². The summed E-state index contributed by atoms with van der Waals surface area (Å²) < 4.78 is 7.52. The second kappa shape index (κ2) is 6.85. The smallest absolute Gasteiger partial charge is 0.275 e. The minimum Gasteiger partial charge on any atom is -0.497 e. The van der Waals surface area contributed by atoms with Crippen LogP contribution >= 0.6 is 15.9 Å². The van der Waals surface area contributed by atoms with Crippen LogP contribution in [0, 0.1) is 0 Å². The van der Waals surface area contributed by atoms with Crippen LogP contribution in [0.5, 0.6) is 5.75 Å². The molecule has 6 heteroatoms. The van der Waals surface area contributed by atoms with Gasteiger partial charge < -0.3 is 14.6 Å². The van der Waals surface area contributed by atoms with Gasteiger partial charge in [-0.15, -0.1) is 0 Å². The molecule has 3 aromatic carbocycles.